The van der Waals surface area contributed by atoms with Crippen LogP contribution < -0.4 is 0 Å². The molecule has 9 rings (SSSR count). The van der Waals surface area contributed by atoms with Crippen LogP contribution in [0.1, 0.15) is 92.4 Å². The van der Waals surface area contributed by atoms with E-state index in [0.717, 1.165) is 51.6 Å². The van der Waals surface area contributed by atoms with E-state index in [1.165, 1.54) is 12.5 Å². The maximum atomic E-state index is 11.6. The summed E-state index contributed by atoms with van der Waals surface area (Å²) in [5.41, 5.74) is 1.45. The van der Waals surface area contributed by atoms with Gasteiger partial charge in [0.15, 0.2) is 24.7 Å². The van der Waals surface area contributed by atoms with E-state index in [1.54, 1.807) is 0 Å². The third-order valence-electron chi connectivity index (χ3n) is 17.7. The van der Waals surface area contributed by atoms with Crippen LogP contribution in [-0.4, -0.2) is 176 Å². The van der Waals surface area contributed by atoms with Gasteiger partial charge in [0.25, 0.3) is 0 Å². The zero-order valence-corrected chi connectivity index (χ0v) is 36.6. The molecule has 0 bridgehead atoms. The second-order valence-corrected chi connectivity index (χ2v) is 21.1. The molecule has 0 aromatic heterocycles. The van der Waals surface area contributed by atoms with Crippen LogP contribution in [0.15, 0.2) is 11.6 Å². The Morgan fingerprint density at radius 1 is 0.677 bits per heavy atom. The zero-order chi connectivity index (χ0) is 44.2. The summed E-state index contributed by atoms with van der Waals surface area (Å²) in [6.45, 7) is 10.4. The van der Waals surface area contributed by atoms with E-state index in [2.05, 4.69) is 33.8 Å². The lowest BCUT2D eigenvalue weighted by Crippen LogP contribution is -2.67. The Hall–Kier alpha value is -0.940. The smallest absolute Gasteiger partial charge is 0.187 e. The summed E-state index contributed by atoms with van der Waals surface area (Å²) in [6.07, 6.45) is -12.4. The van der Waals surface area contributed by atoms with Crippen LogP contribution >= 0.6 is 0 Å². The fourth-order valence-corrected chi connectivity index (χ4v) is 14.0. The summed E-state index contributed by atoms with van der Waals surface area (Å²) >= 11 is 0. The lowest BCUT2D eigenvalue weighted by molar-refractivity contribution is -0.394. The van der Waals surface area contributed by atoms with Crippen molar-refractivity contribution < 1.29 is 83.9 Å². The number of hydrogen-bond donors (Lipinski definition) is 9. The van der Waals surface area contributed by atoms with Crippen molar-refractivity contribution in [3.63, 3.8) is 0 Å². The van der Waals surface area contributed by atoms with Crippen LogP contribution in [0.3, 0.4) is 0 Å². The molecule has 5 aliphatic heterocycles. The van der Waals surface area contributed by atoms with Gasteiger partial charge in [-0.15, -0.1) is 0 Å². The molecule has 26 atom stereocenters. The van der Waals surface area contributed by atoms with Crippen molar-refractivity contribution in [2.45, 2.75) is 203 Å². The molecule has 8 fully saturated rings. The first-order chi connectivity index (χ1) is 29.4. The highest BCUT2D eigenvalue weighted by Gasteiger charge is 2.69. The van der Waals surface area contributed by atoms with Gasteiger partial charge in [-0.1, -0.05) is 39.3 Å². The van der Waals surface area contributed by atoms with Gasteiger partial charge in [0, 0.05) is 12.3 Å². The first kappa shape index (κ1) is 46.2. The van der Waals surface area contributed by atoms with Gasteiger partial charge in [-0.3, -0.25) is 0 Å². The predicted molar refractivity (Wildman–Crippen MR) is 214 cm³/mol. The molecule has 0 aromatic carbocycles. The minimum atomic E-state index is -1.83. The topological polar surface area (TPSA) is 256 Å². The van der Waals surface area contributed by atoms with Gasteiger partial charge in [0.05, 0.1) is 38.1 Å². The lowest BCUT2D eigenvalue weighted by atomic mass is 9.47. The van der Waals surface area contributed by atoms with Crippen molar-refractivity contribution >= 4 is 0 Å². The largest absolute Gasteiger partial charge is 0.394 e. The maximum Gasteiger partial charge on any atom is 0.187 e. The second kappa shape index (κ2) is 17.3. The Labute approximate surface area is 363 Å². The molecular weight excluding hydrogens is 812 g/mol. The normalized spacial score (nSPS) is 57.6. The molecule has 4 aliphatic carbocycles. The molecule has 354 valence electrons. The van der Waals surface area contributed by atoms with Gasteiger partial charge < -0.3 is 83.9 Å². The van der Waals surface area contributed by atoms with E-state index in [9.17, 15) is 46.0 Å². The number of allylic oxidation sites excluding steroid dienone is 1. The van der Waals surface area contributed by atoms with E-state index in [1.807, 2.05) is 0 Å². The SMILES string of the molecule is C[C@@H]1CC[C@@]2(OC1)O[C@@H]1C[C@@H]3[C@@H]4CC=C5C[C@H](O[C@@H]6O[C@H](CO)[C@@H](O)[C@H](O[C@@H]7O[C@@H](C)[C@H](O)[C@@H](O)[C@H]7O)[C@H]6O[C@@H]6O[C@H](CO)[C@@H](O)[C@H](O)[C@H]6O)CC[C@]5(C)[C@@H]4CC[C@]3(C)[C@H]1[C@@H]2C. The van der Waals surface area contributed by atoms with Crippen molar-refractivity contribution in [3.05, 3.63) is 11.6 Å². The zero-order valence-electron chi connectivity index (χ0n) is 36.6. The molecule has 62 heavy (non-hydrogen) atoms. The Morgan fingerprint density at radius 2 is 1.34 bits per heavy atom. The third-order valence-corrected chi connectivity index (χ3v) is 17.7. The number of ether oxygens (including phenoxy) is 8. The Bertz CT molecular complexity index is 1610. The van der Waals surface area contributed by atoms with Crippen molar-refractivity contribution in [2.75, 3.05) is 19.8 Å². The van der Waals surface area contributed by atoms with Gasteiger partial charge in [-0.25, -0.2) is 0 Å². The number of hydrogen-bond acceptors (Lipinski definition) is 17. The highest BCUT2D eigenvalue weighted by atomic mass is 16.8. The molecule has 5 saturated heterocycles. The third kappa shape index (κ3) is 7.49. The number of rotatable bonds is 8. The standard InChI is InChI=1S/C45H72O17/c1-19-8-13-45(55-18-19)20(2)30-27(62-45)15-26-24-7-6-22-14-23(9-11-43(22,4)25(24)10-12-44(26,30)5)57-42-39(61-41-37(54)35(52)32(49)28(16-46)58-41)38(33(50)29(17-47)59-42)60-40-36(53)34(51)31(48)21(3)56-40/h6,19-21,23-42,46-54H,7-18H2,1-5H3/t19-,20+,21+,23-,24-,25-,26-,27-,28-,29-,30+,31+,32-,33-,34-,35+,36-,37-,38+,39-,40+,41+,42-,43+,44+,45-/m1/s1. The van der Waals surface area contributed by atoms with E-state index in [-0.39, 0.29) is 16.9 Å². The average Bonchev–Trinajstić information content (AvgIpc) is 3.70. The van der Waals surface area contributed by atoms with Crippen LogP contribution in [-0.2, 0) is 37.9 Å². The molecule has 0 amide bonds. The Morgan fingerprint density at radius 3 is 2.03 bits per heavy atom. The van der Waals surface area contributed by atoms with Gasteiger partial charge in [0.2, 0.25) is 0 Å². The summed E-state index contributed by atoms with van der Waals surface area (Å²) in [5, 5.41) is 95.8. The maximum absolute atomic E-state index is 11.6. The molecule has 17 heteroatoms. The van der Waals surface area contributed by atoms with E-state index >= 15 is 0 Å². The van der Waals surface area contributed by atoms with Crippen LogP contribution in [0.2, 0.25) is 0 Å². The molecule has 17 nitrogen and oxygen atoms in total. The van der Waals surface area contributed by atoms with Crippen molar-refractivity contribution in [3.8, 4) is 0 Å². The molecule has 1 spiro atoms. The summed E-state index contributed by atoms with van der Waals surface area (Å²) in [4.78, 5) is 0. The second-order valence-electron chi connectivity index (χ2n) is 21.1. The van der Waals surface area contributed by atoms with Crippen LogP contribution in [0.5, 0.6) is 0 Å². The number of fused-ring (bicyclic) bond motifs is 7. The highest BCUT2D eigenvalue weighted by molar-refractivity contribution is 5.26. The predicted octanol–water partition coefficient (Wildman–Crippen LogP) is 0.214. The van der Waals surface area contributed by atoms with Gasteiger partial charge in [-0.05, 0) is 98.7 Å². The molecule has 3 saturated carbocycles. The fourth-order valence-electron chi connectivity index (χ4n) is 14.0. The minimum Gasteiger partial charge on any atom is -0.394 e. The first-order valence-electron chi connectivity index (χ1n) is 23.4. The van der Waals surface area contributed by atoms with Crippen molar-refractivity contribution in [2.24, 2.45) is 46.3 Å². The van der Waals surface area contributed by atoms with Crippen molar-refractivity contribution in [1.29, 1.82) is 0 Å². The van der Waals surface area contributed by atoms with Gasteiger partial charge in [0.1, 0.15) is 67.1 Å². The van der Waals surface area contributed by atoms with Crippen LogP contribution in [0.25, 0.3) is 0 Å². The summed E-state index contributed by atoms with van der Waals surface area (Å²) in [6, 6.07) is 0. The quantitative estimate of drug-likeness (QED) is 0.148. The molecule has 0 unspecified atom stereocenters. The molecular formula is C45H72O17. The number of aliphatic hydroxyl groups is 9. The molecule has 0 radical (unpaired) electrons. The first-order valence-corrected chi connectivity index (χ1v) is 23.4. The van der Waals surface area contributed by atoms with Crippen molar-refractivity contribution in [1.82, 2.24) is 0 Å². The average molecular weight is 885 g/mol. The number of aliphatic hydroxyl groups excluding tert-OH is 9. The lowest BCUT2D eigenvalue weighted by Gasteiger charge is -2.59. The monoisotopic (exact) mass is 884 g/mol. The fraction of sp³-hybridized carbons (Fsp3) is 0.956. The van der Waals surface area contributed by atoms with E-state index < -0.39 is 117 Å². The molecule has 9 N–H and O–H groups in total. The highest BCUT2D eigenvalue weighted by Crippen LogP contribution is 2.70. The molecule has 9 aliphatic rings. The molecule has 5 heterocycles. The summed E-state index contributed by atoms with van der Waals surface area (Å²) in [7, 11) is 0. The van der Waals surface area contributed by atoms with Gasteiger partial charge >= 0.3 is 0 Å². The van der Waals surface area contributed by atoms with Crippen LogP contribution in [0, 0.1) is 46.3 Å². The van der Waals surface area contributed by atoms with Crippen LogP contribution in [0.4, 0.5) is 0 Å². The Kier molecular flexibility index (Phi) is 12.9. The van der Waals surface area contributed by atoms with E-state index in [4.69, 9.17) is 37.9 Å². The summed E-state index contributed by atoms with van der Waals surface area (Å²) in [5.74, 6) is 2.51. The van der Waals surface area contributed by atoms with E-state index in [0.29, 0.717) is 48.3 Å². The summed E-state index contributed by atoms with van der Waals surface area (Å²) < 4.78 is 50.3. The molecule has 0 aromatic rings. The Balaban J connectivity index is 0.941. The van der Waals surface area contributed by atoms with Gasteiger partial charge in [-0.2, -0.15) is 0 Å². The minimum absolute atomic E-state index is 0.0518.